The molecule has 1 amide bonds. The van der Waals surface area contributed by atoms with Crippen LogP contribution in [0.5, 0.6) is 0 Å². The van der Waals surface area contributed by atoms with Crippen molar-refractivity contribution >= 4 is 13.7 Å². The smallest absolute Gasteiger partial charge is 0.387 e. The molecule has 0 aromatic carbocycles. The Morgan fingerprint density at radius 1 is 0.660 bits per heavy atom. The van der Waals surface area contributed by atoms with Crippen molar-refractivity contribution in [1.82, 2.24) is 5.32 Å². The first-order valence-electron chi connectivity index (χ1n) is 20.6. The number of allylic oxidation sites excluding steroid dienone is 5. The Morgan fingerprint density at radius 3 is 1.64 bits per heavy atom. The molecule has 0 aliphatic heterocycles. The van der Waals surface area contributed by atoms with E-state index in [1.807, 2.05) is 6.08 Å². The van der Waals surface area contributed by atoms with E-state index in [-0.39, 0.29) is 25.7 Å². The summed E-state index contributed by atoms with van der Waals surface area (Å²) in [7, 11) is -4.34. The van der Waals surface area contributed by atoms with E-state index < -0.39 is 20.0 Å². The van der Waals surface area contributed by atoms with Gasteiger partial charge in [-0.25, -0.2) is 4.57 Å². The Balaban J connectivity index is 4.28. The van der Waals surface area contributed by atoms with E-state index >= 15 is 0 Å². The van der Waals surface area contributed by atoms with Gasteiger partial charge in [0.1, 0.15) is 0 Å². The third-order valence-electron chi connectivity index (χ3n) is 8.96. The van der Waals surface area contributed by atoms with Crippen molar-refractivity contribution in [3.8, 4) is 0 Å². The zero-order chi connectivity index (χ0) is 36.8. The number of aliphatic hydroxyl groups is 1. The minimum atomic E-state index is -4.34. The fraction of sp³-hybridized carbons (Fsp3) is 0.829. The summed E-state index contributed by atoms with van der Waals surface area (Å²) >= 11 is 0. The van der Waals surface area contributed by atoms with Crippen LogP contribution in [0.25, 0.3) is 0 Å². The molecule has 0 fully saturated rings. The number of carbonyl (C=O) groups excluding carboxylic acids is 1. The van der Waals surface area contributed by atoms with Gasteiger partial charge < -0.3 is 21.1 Å². The minimum absolute atomic E-state index is 0.0756. The number of nitrogens with two attached hydrogens (primary N) is 1. The van der Waals surface area contributed by atoms with Gasteiger partial charge in [0, 0.05) is 13.0 Å². The number of phosphoric acid groups is 1. The third kappa shape index (κ3) is 35.1. The summed E-state index contributed by atoms with van der Waals surface area (Å²) in [6.45, 7) is 4.08. The predicted molar refractivity (Wildman–Crippen MR) is 212 cm³/mol. The van der Waals surface area contributed by atoms with E-state index in [1.165, 1.54) is 103 Å². The number of unbranched alkanes of at least 4 members (excludes halogenated alkanes) is 22. The second-order valence-electron chi connectivity index (χ2n) is 13.8. The van der Waals surface area contributed by atoms with Crippen LogP contribution < -0.4 is 11.1 Å². The second-order valence-corrected chi connectivity index (χ2v) is 15.3. The van der Waals surface area contributed by atoms with Gasteiger partial charge in [-0.15, -0.1) is 0 Å². The molecule has 294 valence electrons. The molecular weight excluding hydrogens is 647 g/mol. The van der Waals surface area contributed by atoms with Crippen molar-refractivity contribution in [1.29, 1.82) is 0 Å². The second kappa shape index (κ2) is 37.5. The topological polar surface area (TPSA) is 131 Å². The number of nitrogens with one attached hydrogen (secondary N) is 1. The predicted octanol–water partition coefficient (Wildman–Crippen LogP) is 11.2. The largest absolute Gasteiger partial charge is 0.472 e. The fourth-order valence-corrected chi connectivity index (χ4v) is 6.55. The highest BCUT2D eigenvalue weighted by molar-refractivity contribution is 7.47. The minimum Gasteiger partial charge on any atom is -0.387 e. The molecule has 0 bridgehead atoms. The SMILES string of the molecule is CCCC/C=C\C/C=C\CCCCCCCC(=O)NC(COP(=O)(O)OCCN)C(O)/C=C/CCCCCCCCCCCCCCCCC. The van der Waals surface area contributed by atoms with Gasteiger partial charge in [-0.3, -0.25) is 13.8 Å². The molecule has 0 saturated heterocycles. The lowest BCUT2D eigenvalue weighted by Gasteiger charge is -2.23. The van der Waals surface area contributed by atoms with E-state index in [0.717, 1.165) is 64.2 Å². The number of aliphatic hydroxyl groups excluding tert-OH is 1. The van der Waals surface area contributed by atoms with Crippen molar-refractivity contribution in [2.24, 2.45) is 5.73 Å². The van der Waals surface area contributed by atoms with Crippen LogP contribution in [0.2, 0.25) is 0 Å². The number of amides is 1. The quantitative estimate of drug-likeness (QED) is 0.0283. The van der Waals surface area contributed by atoms with Crippen LogP contribution in [-0.4, -0.2) is 47.8 Å². The average Bonchev–Trinajstić information content (AvgIpc) is 3.10. The maximum Gasteiger partial charge on any atom is 0.472 e. The lowest BCUT2D eigenvalue weighted by molar-refractivity contribution is -0.123. The number of rotatable bonds is 38. The highest BCUT2D eigenvalue weighted by atomic mass is 31.2. The number of hydrogen-bond donors (Lipinski definition) is 4. The molecule has 9 heteroatoms. The van der Waals surface area contributed by atoms with Gasteiger partial charge in [-0.05, 0) is 44.9 Å². The summed E-state index contributed by atoms with van der Waals surface area (Å²) in [6.07, 6.45) is 43.3. The van der Waals surface area contributed by atoms with Gasteiger partial charge >= 0.3 is 7.82 Å². The van der Waals surface area contributed by atoms with Crippen LogP contribution >= 0.6 is 7.82 Å². The van der Waals surface area contributed by atoms with Crippen LogP contribution in [0.15, 0.2) is 36.5 Å². The van der Waals surface area contributed by atoms with E-state index in [1.54, 1.807) is 6.08 Å². The lowest BCUT2D eigenvalue weighted by Crippen LogP contribution is -2.45. The summed E-state index contributed by atoms with van der Waals surface area (Å²) in [5.41, 5.74) is 5.36. The highest BCUT2D eigenvalue weighted by Gasteiger charge is 2.26. The number of hydrogen-bond acceptors (Lipinski definition) is 6. The zero-order valence-corrected chi connectivity index (χ0v) is 33.3. The van der Waals surface area contributed by atoms with E-state index in [0.29, 0.717) is 6.42 Å². The van der Waals surface area contributed by atoms with Crippen LogP contribution in [-0.2, 0) is 18.4 Å². The van der Waals surface area contributed by atoms with Gasteiger partial charge in [0.05, 0.1) is 25.4 Å². The number of carbonyl (C=O) groups is 1. The van der Waals surface area contributed by atoms with Gasteiger partial charge in [-0.2, -0.15) is 0 Å². The summed E-state index contributed by atoms with van der Waals surface area (Å²) < 4.78 is 22.1. The molecular formula is C41H79N2O6P. The molecule has 0 spiro atoms. The molecule has 0 aliphatic rings. The van der Waals surface area contributed by atoms with E-state index in [4.69, 9.17) is 14.8 Å². The summed E-state index contributed by atoms with van der Waals surface area (Å²) in [5.74, 6) is -0.209. The Kier molecular flexibility index (Phi) is 36.5. The molecule has 3 unspecified atom stereocenters. The first kappa shape index (κ1) is 48.7. The number of phosphoric ester groups is 1. The molecule has 0 rings (SSSR count). The third-order valence-corrected chi connectivity index (χ3v) is 9.94. The molecule has 0 radical (unpaired) electrons. The lowest BCUT2D eigenvalue weighted by atomic mass is 10.0. The van der Waals surface area contributed by atoms with Crippen molar-refractivity contribution in [2.45, 2.75) is 199 Å². The van der Waals surface area contributed by atoms with Gasteiger partial charge in [0.2, 0.25) is 5.91 Å². The molecule has 50 heavy (non-hydrogen) atoms. The van der Waals surface area contributed by atoms with Crippen molar-refractivity contribution in [3.63, 3.8) is 0 Å². The van der Waals surface area contributed by atoms with Gasteiger partial charge in [0.15, 0.2) is 0 Å². The molecule has 0 aromatic rings. The van der Waals surface area contributed by atoms with E-state index in [2.05, 4.69) is 43.5 Å². The maximum atomic E-state index is 12.7. The van der Waals surface area contributed by atoms with Crippen molar-refractivity contribution < 1.29 is 28.4 Å². The Hall–Kier alpha value is -1.28. The molecule has 5 N–H and O–H groups in total. The molecule has 0 aromatic heterocycles. The van der Waals surface area contributed by atoms with E-state index in [9.17, 15) is 19.4 Å². The summed E-state index contributed by atoms with van der Waals surface area (Å²) in [6, 6.07) is -0.866. The fourth-order valence-electron chi connectivity index (χ4n) is 5.79. The molecule has 0 saturated carbocycles. The Labute approximate surface area is 308 Å². The monoisotopic (exact) mass is 727 g/mol. The molecule has 0 aliphatic carbocycles. The summed E-state index contributed by atoms with van der Waals surface area (Å²) in [4.78, 5) is 22.6. The van der Waals surface area contributed by atoms with Crippen LogP contribution in [0.3, 0.4) is 0 Å². The summed E-state index contributed by atoms with van der Waals surface area (Å²) in [5, 5.41) is 13.6. The Bertz CT molecular complexity index is 881. The Morgan fingerprint density at radius 2 is 1.12 bits per heavy atom. The van der Waals surface area contributed by atoms with Crippen LogP contribution in [0, 0.1) is 0 Å². The maximum absolute atomic E-state index is 12.7. The standard InChI is InChI=1S/C41H79N2O6P/c1-3-5-7-9-11-13-15-17-19-20-21-22-24-26-28-30-32-34-40(44)39(38-49-50(46,47)48-37-36-42)43-41(45)35-33-31-29-27-25-23-18-16-14-12-10-8-6-4-2/h10,12,16,18,32,34,39-40,44H,3-9,11,13-15,17,19-31,33,35-38,42H2,1-2H3,(H,43,45)(H,46,47)/b12-10-,18-16-,34-32+. The molecule has 0 heterocycles. The van der Waals surface area contributed by atoms with Crippen LogP contribution in [0.4, 0.5) is 0 Å². The average molecular weight is 727 g/mol. The van der Waals surface area contributed by atoms with Crippen molar-refractivity contribution in [3.05, 3.63) is 36.5 Å². The zero-order valence-electron chi connectivity index (χ0n) is 32.4. The van der Waals surface area contributed by atoms with Crippen LogP contribution in [0.1, 0.15) is 187 Å². The van der Waals surface area contributed by atoms with Gasteiger partial charge in [0.25, 0.3) is 0 Å². The first-order chi connectivity index (χ1) is 24.4. The highest BCUT2D eigenvalue weighted by Crippen LogP contribution is 2.43. The molecule has 8 nitrogen and oxygen atoms in total. The normalized spacial score (nSPS) is 14.6. The van der Waals surface area contributed by atoms with Gasteiger partial charge in [-0.1, -0.05) is 172 Å². The molecule has 3 atom stereocenters. The first-order valence-corrected chi connectivity index (χ1v) is 22.1. The van der Waals surface area contributed by atoms with Crippen molar-refractivity contribution in [2.75, 3.05) is 19.8 Å².